The first-order valence-electron chi connectivity index (χ1n) is 4.73. The molecule has 1 aromatic rings. The monoisotopic (exact) mass is 207 g/mol. The summed E-state index contributed by atoms with van der Waals surface area (Å²) < 4.78 is 13.0. The third-order valence-electron chi connectivity index (χ3n) is 2.10. The van der Waals surface area contributed by atoms with Crippen LogP contribution in [-0.4, -0.2) is 5.78 Å². The van der Waals surface area contributed by atoms with Gasteiger partial charge in [0.1, 0.15) is 5.82 Å². The van der Waals surface area contributed by atoms with Crippen molar-refractivity contribution < 1.29 is 9.18 Å². The molecule has 0 aliphatic carbocycles. The van der Waals surface area contributed by atoms with Crippen LogP contribution in [0.15, 0.2) is 30.4 Å². The van der Waals surface area contributed by atoms with Gasteiger partial charge in [-0.3, -0.25) is 4.79 Å². The highest BCUT2D eigenvalue weighted by atomic mass is 19.1. The largest absolute Gasteiger partial charge is 0.396 e. The van der Waals surface area contributed by atoms with Crippen LogP contribution in [0.25, 0.3) is 0 Å². The van der Waals surface area contributed by atoms with Crippen LogP contribution < -0.4 is 5.73 Å². The van der Waals surface area contributed by atoms with Crippen LogP contribution in [0.1, 0.15) is 30.1 Å². The van der Waals surface area contributed by atoms with Crippen LogP contribution >= 0.6 is 0 Å². The summed E-state index contributed by atoms with van der Waals surface area (Å²) in [5.41, 5.74) is 6.68. The molecule has 0 amide bonds. The predicted molar refractivity (Wildman–Crippen MR) is 59.2 cm³/mol. The van der Waals surface area contributed by atoms with E-state index in [1.807, 2.05) is 6.92 Å². The average Bonchev–Trinajstić information content (AvgIpc) is 2.18. The number of halogens is 1. The van der Waals surface area contributed by atoms with Crippen LogP contribution in [0.4, 0.5) is 10.1 Å². The van der Waals surface area contributed by atoms with E-state index in [1.165, 1.54) is 12.1 Å². The Balaban J connectivity index is 2.74. The van der Waals surface area contributed by atoms with E-state index < -0.39 is 5.82 Å². The number of benzene rings is 1. The van der Waals surface area contributed by atoms with Gasteiger partial charge in [-0.25, -0.2) is 4.39 Å². The maximum atomic E-state index is 13.0. The van der Waals surface area contributed by atoms with Gasteiger partial charge in [0.15, 0.2) is 5.78 Å². The zero-order chi connectivity index (χ0) is 11.4. The summed E-state index contributed by atoms with van der Waals surface area (Å²) >= 11 is 0. The van der Waals surface area contributed by atoms with Crippen molar-refractivity contribution in [3.63, 3.8) is 0 Å². The molecule has 0 heterocycles. The molecule has 80 valence electrons. The summed E-state index contributed by atoms with van der Waals surface area (Å²) in [6.45, 7) is 5.56. The highest BCUT2D eigenvalue weighted by molar-refractivity contribution is 5.96. The number of carbonyl (C=O) groups excluding carboxylic acids is 1. The fourth-order valence-corrected chi connectivity index (χ4v) is 1.17. The number of allylic oxidation sites excluding steroid dienone is 1. The molecule has 0 bridgehead atoms. The van der Waals surface area contributed by atoms with Crippen molar-refractivity contribution in [3.8, 4) is 0 Å². The first kappa shape index (κ1) is 11.4. The summed E-state index contributed by atoms with van der Waals surface area (Å²) in [6.07, 6.45) is 0.990. The number of Topliss-reactive ketones (excluding diaryl/α,β-unsaturated/α-hetero) is 1. The Morgan fingerprint density at radius 3 is 2.67 bits per heavy atom. The van der Waals surface area contributed by atoms with Crippen molar-refractivity contribution >= 4 is 11.5 Å². The van der Waals surface area contributed by atoms with Gasteiger partial charge in [0.05, 0.1) is 5.69 Å². The highest BCUT2D eigenvalue weighted by Crippen LogP contribution is 2.14. The number of ketones is 1. The smallest absolute Gasteiger partial charge is 0.163 e. The van der Waals surface area contributed by atoms with E-state index in [2.05, 4.69) is 6.58 Å². The Kier molecular flexibility index (Phi) is 3.61. The first-order valence-corrected chi connectivity index (χ1v) is 4.73. The Morgan fingerprint density at radius 1 is 1.47 bits per heavy atom. The van der Waals surface area contributed by atoms with Crippen molar-refractivity contribution in [3.05, 3.63) is 41.7 Å². The average molecular weight is 207 g/mol. The molecule has 2 nitrogen and oxygen atoms in total. The minimum absolute atomic E-state index is 0.0615. The standard InChI is InChI=1S/C12H14FNO/c1-8(2)3-6-12(15)9-4-5-11(14)10(13)7-9/h4-5,7H,1,3,6,14H2,2H3. The number of nitrogens with two attached hydrogens (primary N) is 1. The number of nitrogen functional groups attached to an aromatic ring is 1. The fraction of sp³-hybridized carbons (Fsp3) is 0.250. The lowest BCUT2D eigenvalue weighted by molar-refractivity contribution is 0.0982. The summed E-state index contributed by atoms with van der Waals surface area (Å²) in [4.78, 5) is 11.6. The molecule has 0 aliphatic heterocycles. The first-order chi connectivity index (χ1) is 7.00. The normalized spacial score (nSPS) is 10.0. The van der Waals surface area contributed by atoms with E-state index in [4.69, 9.17) is 5.73 Å². The fourth-order valence-electron chi connectivity index (χ4n) is 1.17. The zero-order valence-electron chi connectivity index (χ0n) is 8.72. The Bertz CT molecular complexity index is 399. The lowest BCUT2D eigenvalue weighted by Gasteiger charge is -2.02. The number of hydrogen-bond acceptors (Lipinski definition) is 2. The molecule has 0 saturated carbocycles. The molecule has 0 fully saturated rings. The quantitative estimate of drug-likeness (QED) is 0.468. The molecule has 0 atom stereocenters. The molecule has 1 aromatic carbocycles. The molecular weight excluding hydrogens is 193 g/mol. The number of rotatable bonds is 4. The molecule has 0 spiro atoms. The van der Waals surface area contributed by atoms with Gasteiger partial charge >= 0.3 is 0 Å². The predicted octanol–water partition coefficient (Wildman–Crippen LogP) is 2.95. The topological polar surface area (TPSA) is 43.1 Å². The van der Waals surface area contributed by atoms with Gasteiger partial charge in [0, 0.05) is 12.0 Å². The van der Waals surface area contributed by atoms with E-state index in [1.54, 1.807) is 6.07 Å². The lowest BCUT2D eigenvalue weighted by Crippen LogP contribution is -2.01. The summed E-state index contributed by atoms with van der Waals surface area (Å²) in [5.74, 6) is -0.631. The lowest BCUT2D eigenvalue weighted by atomic mass is 10.0. The van der Waals surface area contributed by atoms with E-state index in [9.17, 15) is 9.18 Å². The second kappa shape index (κ2) is 4.73. The van der Waals surface area contributed by atoms with Gasteiger partial charge in [-0.05, 0) is 31.5 Å². The van der Waals surface area contributed by atoms with Crippen LogP contribution in [0.3, 0.4) is 0 Å². The summed E-state index contributed by atoms with van der Waals surface area (Å²) in [7, 11) is 0. The van der Waals surface area contributed by atoms with Gasteiger partial charge in [0.25, 0.3) is 0 Å². The number of carbonyl (C=O) groups is 1. The van der Waals surface area contributed by atoms with Gasteiger partial charge < -0.3 is 5.73 Å². The molecule has 1 rings (SSSR count). The maximum Gasteiger partial charge on any atom is 0.163 e. The Labute approximate surface area is 88.6 Å². The Hall–Kier alpha value is -1.64. The molecule has 0 aromatic heterocycles. The van der Waals surface area contributed by atoms with Gasteiger partial charge in [-0.15, -0.1) is 6.58 Å². The SMILES string of the molecule is C=C(C)CCC(=O)c1ccc(N)c(F)c1. The van der Waals surface area contributed by atoms with Gasteiger partial charge in [-0.2, -0.15) is 0 Å². The molecule has 0 radical (unpaired) electrons. The molecule has 2 N–H and O–H groups in total. The van der Waals surface area contributed by atoms with E-state index in [0.29, 0.717) is 18.4 Å². The number of hydrogen-bond donors (Lipinski definition) is 1. The highest BCUT2D eigenvalue weighted by Gasteiger charge is 2.08. The maximum absolute atomic E-state index is 13.0. The van der Waals surface area contributed by atoms with E-state index >= 15 is 0 Å². The van der Waals surface area contributed by atoms with Crippen molar-refractivity contribution in [2.75, 3.05) is 5.73 Å². The minimum atomic E-state index is -0.545. The van der Waals surface area contributed by atoms with Crippen LogP contribution in [0.5, 0.6) is 0 Å². The molecule has 0 saturated heterocycles. The second-order valence-electron chi connectivity index (χ2n) is 3.62. The van der Waals surface area contributed by atoms with Crippen LogP contribution in [-0.2, 0) is 0 Å². The van der Waals surface area contributed by atoms with Crippen molar-refractivity contribution in [2.45, 2.75) is 19.8 Å². The third kappa shape index (κ3) is 3.20. The zero-order valence-corrected chi connectivity index (χ0v) is 8.72. The minimum Gasteiger partial charge on any atom is -0.396 e. The molecule has 15 heavy (non-hydrogen) atoms. The summed E-state index contributed by atoms with van der Waals surface area (Å²) in [5, 5.41) is 0. The van der Waals surface area contributed by atoms with Crippen molar-refractivity contribution in [2.24, 2.45) is 0 Å². The van der Waals surface area contributed by atoms with Crippen molar-refractivity contribution in [1.29, 1.82) is 0 Å². The van der Waals surface area contributed by atoms with Crippen molar-refractivity contribution in [1.82, 2.24) is 0 Å². The third-order valence-corrected chi connectivity index (χ3v) is 2.10. The van der Waals surface area contributed by atoms with E-state index in [0.717, 1.165) is 5.57 Å². The molecular formula is C12H14FNO. The van der Waals surface area contributed by atoms with Crippen LogP contribution in [0.2, 0.25) is 0 Å². The molecule has 3 heteroatoms. The molecule has 0 unspecified atom stereocenters. The molecule has 0 aliphatic rings. The number of anilines is 1. The second-order valence-corrected chi connectivity index (χ2v) is 3.62. The Morgan fingerprint density at radius 2 is 2.13 bits per heavy atom. The van der Waals surface area contributed by atoms with Gasteiger partial charge in [0.2, 0.25) is 0 Å². The van der Waals surface area contributed by atoms with Gasteiger partial charge in [-0.1, -0.05) is 5.57 Å². The van der Waals surface area contributed by atoms with Crippen LogP contribution in [0, 0.1) is 5.82 Å². The summed E-state index contributed by atoms with van der Waals surface area (Å²) in [6, 6.07) is 4.12. The van der Waals surface area contributed by atoms with E-state index in [-0.39, 0.29) is 11.5 Å².